The number of benzene rings is 3. The van der Waals surface area contributed by atoms with E-state index < -0.39 is 0 Å². The van der Waals surface area contributed by atoms with Crippen molar-refractivity contribution < 1.29 is 20.1 Å². The second kappa shape index (κ2) is 16.8. The van der Waals surface area contributed by atoms with Crippen molar-refractivity contribution >= 4 is 0 Å². The van der Waals surface area contributed by atoms with Crippen LogP contribution in [0.3, 0.4) is 0 Å². The molecule has 4 aromatic heterocycles. The Morgan fingerprint density at radius 2 is 0.776 bits per heavy atom. The Morgan fingerprint density at radius 1 is 0.367 bits per heavy atom. The van der Waals surface area contributed by atoms with Crippen molar-refractivity contribution in [2.45, 2.75) is 38.5 Å². The van der Waals surface area contributed by atoms with Gasteiger partial charge in [-0.3, -0.25) is 9.97 Å². The summed E-state index contributed by atoms with van der Waals surface area (Å²) in [7, 11) is 0. The third-order valence-electron chi connectivity index (χ3n) is 8.61. The van der Waals surface area contributed by atoms with Gasteiger partial charge in [-0.1, -0.05) is 67.4 Å². The third kappa shape index (κ3) is 9.29. The molecule has 0 aliphatic carbocycles. The summed E-state index contributed by atoms with van der Waals surface area (Å²) in [4.78, 5) is 18.1. The molecule has 0 N–H and O–H groups in total. The Bertz CT molecular complexity index is 1780. The third-order valence-corrected chi connectivity index (χ3v) is 8.61. The molecule has 0 saturated heterocycles. The smallest absolute Gasteiger partial charge is 0.0886 e. The Kier molecular flexibility index (Phi) is 11.6. The van der Waals surface area contributed by atoms with Crippen molar-refractivity contribution in [2.24, 2.45) is 0 Å². The summed E-state index contributed by atoms with van der Waals surface area (Å²) in [6.45, 7) is 0. The Balaban J connectivity index is 0.00000417. The number of aromatic nitrogens is 4. The quantitative estimate of drug-likeness (QED) is 0.116. The molecule has 4 heterocycles. The number of aryl methyl sites for hydroxylation is 6. The van der Waals surface area contributed by atoms with Gasteiger partial charge in [-0.05, 0) is 89.7 Å². The van der Waals surface area contributed by atoms with Crippen LogP contribution in [0, 0.1) is 12.1 Å². The van der Waals surface area contributed by atoms with Crippen LogP contribution < -0.4 is 0 Å². The summed E-state index contributed by atoms with van der Waals surface area (Å²) in [6.07, 6.45) is 13.2. The number of nitrogens with zero attached hydrogens (tertiary/aromatic N) is 4. The van der Waals surface area contributed by atoms with Crippen LogP contribution in [0.4, 0.5) is 0 Å². The van der Waals surface area contributed by atoms with Gasteiger partial charge in [-0.2, -0.15) is 0 Å². The maximum atomic E-state index is 4.70. The molecular formula is C44H36IrN4-2. The average Bonchev–Trinajstić information content (AvgIpc) is 3.17. The van der Waals surface area contributed by atoms with Gasteiger partial charge in [-0.15, -0.1) is 70.8 Å². The minimum Gasteiger partial charge on any atom is -0.305 e. The molecule has 49 heavy (non-hydrogen) atoms. The van der Waals surface area contributed by atoms with Crippen LogP contribution in [0.25, 0.3) is 33.9 Å². The molecule has 0 amide bonds. The van der Waals surface area contributed by atoms with Gasteiger partial charge in [0, 0.05) is 44.9 Å². The molecule has 5 heteroatoms. The molecule has 0 aliphatic heterocycles. The van der Waals surface area contributed by atoms with E-state index in [0.29, 0.717) is 0 Å². The molecule has 1 radical (unpaired) electrons. The van der Waals surface area contributed by atoms with Gasteiger partial charge in [0.1, 0.15) is 0 Å². The fourth-order valence-electron chi connectivity index (χ4n) is 5.96. The molecule has 0 atom stereocenters. The van der Waals surface area contributed by atoms with Crippen molar-refractivity contribution in [1.29, 1.82) is 0 Å². The van der Waals surface area contributed by atoms with E-state index in [4.69, 9.17) is 4.98 Å². The van der Waals surface area contributed by atoms with Crippen molar-refractivity contribution in [3.05, 3.63) is 192 Å². The van der Waals surface area contributed by atoms with E-state index in [-0.39, 0.29) is 20.1 Å². The van der Waals surface area contributed by atoms with E-state index in [2.05, 4.69) is 93.8 Å². The standard InChI is InChI=1S/C44H36N4.Ir/c1-4-26-45-41(7-1)39-21-16-33(17-22-39)10-13-36-29-37(14-11-34-18-23-40(24-19-34)42-8-2-5-27-46-42)31-38(30-36)15-12-35-20-25-44(48-32-35)43-9-3-6-28-47-43;/h1-9,16-21,23,25-32H,10-15H2;/q-2;. The second-order valence-electron chi connectivity index (χ2n) is 12.1. The molecule has 4 nitrogen and oxygen atoms in total. The predicted octanol–water partition coefficient (Wildman–Crippen LogP) is 9.22. The van der Waals surface area contributed by atoms with Crippen LogP contribution in [0.5, 0.6) is 0 Å². The number of rotatable bonds is 12. The molecule has 7 aromatic rings. The molecule has 0 unspecified atom stereocenters. The van der Waals surface area contributed by atoms with Crippen LogP contribution in [0.15, 0.2) is 146 Å². The first kappa shape index (κ1) is 33.8. The Morgan fingerprint density at radius 3 is 1.16 bits per heavy atom. The number of hydrogen-bond donors (Lipinski definition) is 0. The number of pyridine rings is 4. The van der Waals surface area contributed by atoms with Crippen LogP contribution >= 0.6 is 0 Å². The van der Waals surface area contributed by atoms with Gasteiger partial charge in [0.15, 0.2) is 0 Å². The molecule has 3 aromatic carbocycles. The van der Waals surface area contributed by atoms with E-state index in [9.17, 15) is 0 Å². The molecular weight excluding hydrogens is 777 g/mol. The maximum Gasteiger partial charge on any atom is 0.0886 e. The minimum atomic E-state index is 0. The summed E-state index contributed by atoms with van der Waals surface area (Å²) in [6, 6.07) is 49.1. The van der Waals surface area contributed by atoms with Crippen molar-refractivity contribution in [1.82, 2.24) is 19.9 Å². The normalized spacial score (nSPS) is 10.8. The van der Waals surface area contributed by atoms with Crippen LogP contribution in [-0.4, -0.2) is 19.9 Å². The fraction of sp³-hybridized carbons (Fsp3) is 0.136. The van der Waals surface area contributed by atoms with Gasteiger partial charge in [0.2, 0.25) is 0 Å². The Hall–Kier alpha value is -5.09. The summed E-state index contributed by atoms with van der Waals surface area (Å²) < 4.78 is 0. The number of hydrogen-bond acceptors (Lipinski definition) is 4. The monoisotopic (exact) mass is 813 g/mol. The largest absolute Gasteiger partial charge is 0.305 e. The van der Waals surface area contributed by atoms with Crippen LogP contribution in [0.2, 0.25) is 0 Å². The zero-order valence-electron chi connectivity index (χ0n) is 27.2. The Labute approximate surface area is 302 Å². The molecule has 243 valence electrons. The van der Waals surface area contributed by atoms with Crippen LogP contribution in [0.1, 0.15) is 33.4 Å². The molecule has 0 spiro atoms. The summed E-state index contributed by atoms with van der Waals surface area (Å²) >= 11 is 0. The molecule has 0 aliphatic rings. The van der Waals surface area contributed by atoms with Gasteiger partial charge in [-0.25, -0.2) is 0 Å². The van der Waals surface area contributed by atoms with E-state index in [1.165, 1.54) is 33.4 Å². The van der Waals surface area contributed by atoms with E-state index >= 15 is 0 Å². The zero-order valence-corrected chi connectivity index (χ0v) is 29.6. The predicted molar refractivity (Wildman–Crippen MR) is 193 cm³/mol. The van der Waals surface area contributed by atoms with Crippen molar-refractivity contribution in [3.8, 4) is 33.9 Å². The maximum absolute atomic E-state index is 4.70. The van der Waals surface area contributed by atoms with E-state index in [1.54, 1.807) is 6.20 Å². The average molecular weight is 813 g/mol. The van der Waals surface area contributed by atoms with Crippen LogP contribution in [-0.2, 0) is 58.6 Å². The molecule has 0 saturated carbocycles. The fourth-order valence-corrected chi connectivity index (χ4v) is 5.96. The topological polar surface area (TPSA) is 51.6 Å². The first-order chi connectivity index (χ1) is 23.7. The van der Waals surface area contributed by atoms with Gasteiger partial charge in [0.25, 0.3) is 0 Å². The van der Waals surface area contributed by atoms with Gasteiger partial charge < -0.3 is 9.97 Å². The summed E-state index contributed by atoms with van der Waals surface area (Å²) in [5.41, 5.74) is 13.7. The first-order valence-corrected chi connectivity index (χ1v) is 16.6. The van der Waals surface area contributed by atoms with Gasteiger partial charge in [0.05, 0.1) is 11.4 Å². The molecule has 0 bridgehead atoms. The van der Waals surface area contributed by atoms with Gasteiger partial charge >= 0.3 is 0 Å². The van der Waals surface area contributed by atoms with Crippen molar-refractivity contribution in [2.75, 3.05) is 0 Å². The van der Waals surface area contributed by atoms with E-state index in [1.807, 2.05) is 73.2 Å². The van der Waals surface area contributed by atoms with Crippen molar-refractivity contribution in [3.63, 3.8) is 0 Å². The molecule has 7 rings (SSSR count). The SMILES string of the molecule is [Ir].[c-]1cc(CCc2cc(CCc3c[c-]c(-c4ccccn4)cc3)cc(CCc3ccc(-c4ccccn4)nc3)c2)ccc1-c1ccccn1. The minimum absolute atomic E-state index is 0. The first-order valence-electron chi connectivity index (χ1n) is 16.6. The van der Waals surface area contributed by atoms with E-state index in [0.717, 1.165) is 72.4 Å². The summed E-state index contributed by atoms with van der Waals surface area (Å²) in [5.74, 6) is 0. The zero-order chi connectivity index (χ0) is 32.4. The summed E-state index contributed by atoms with van der Waals surface area (Å²) in [5, 5.41) is 0. The second-order valence-corrected chi connectivity index (χ2v) is 12.1. The molecule has 0 fully saturated rings.